The molecular formula is C25H23BrN2O5. The van der Waals surface area contributed by atoms with E-state index in [-0.39, 0.29) is 29.2 Å². The van der Waals surface area contributed by atoms with Crippen LogP contribution in [-0.4, -0.2) is 30.3 Å². The highest BCUT2D eigenvalue weighted by Crippen LogP contribution is 2.56. The standard InChI is InChI=1S/C25H23BrN2O5/c1-13-9-17(26)7-8-19(13)27-20(29)12-33-25(32)16-3-2-4-18(11-16)28-23(30)21-14-5-6-15(10-14)22(21)24(28)31/h2-4,7-9,11,14-15,21-22H,5-6,10,12H2,1H3,(H,27,29)/t14-,15-,21-,22-/m0/s1. The van der Waals surface area contributed by atoms with Crippen LogP contribution >= 0.6 is 15.9 Å². The zero-order valence-electron chi connectivity index (χ0n) is 18.0. The van der Waals surface area contributed by atoms with Crippen LogP contribution < -0.4 is 10.2 Å². The van der Waals surface area contributed by atoms with E-state index in [0.717, 1.165) is 29.3 Å². The normalized spacial score (nSPS) is 25.3. The monoisotopic (exact) mass is 510 g/mol. The van der Waals surface area contributed by atoms with Gasteiger partial charge in [-0.1, -0.05) is 22.0 Å². The molecule has 0 spiro atoms. The van der Waals surface area contributed by atoms with Gasteiger partial charge in [0.2, 0.25) is 11.8 Å². The Bertz CT molecular complexity index is 1150. The first-order valence-corrected chi connectivity index (χ1v) is 11.8. The van der Waals surface area contributed by atoms with Crippen molar-refractivity contribution in [1.82, 2.24) is 0 Å². The van der Waals surface area contributed by atoms with Crippen molar-refractivity contribution in [2.75, 3.05) is 16.8 Å². The van der Waals surface area contributed by atoms with Crippen molar-refractivity contribution in [3.63, 3.8) is 0 Å². The molecule has 1 aliphatic heterocycles. The molecule has 2 aromatic rings. The van der Waals surface area contributed by atoms with Crippen LogP contribution in [0.3, 0.4) is 0 Å². The summed E-state index contributed by atoms with van der Waals surface area (Å²) in [6, 6.07) is 11.7. The van der Waals surface area contributed by atoms with Crippen LogP contribution in [0.25, 0.3) is 0 Å². The minimum Gasteiger partial charge on any atom is -0.452 e. The number of nitrogens with zero attached hydrogens (tertiary/aromatic N) is 1. The molecule has 0 aromatic heterocycles. The van der Waals surface area contributed by atoms with Gasteiger partial charge in [0.05, 0.1) is 23.1 Å². The van der Waals surface area contributed by atoms with Gasteiger partial charge in [0, 0.05) is 10.2 Å². The first-order valence-electron chi connectivity index (χ1n) is 11.0. The second kappa shape index (κ2) is 8.41. The minimum atomic E-state index is -0.695. The van der Waals surface area contributed by atoms with E-state index in [0.29, 0.717) is 23.2 Å². The van der Waals surface area contributed by atoms with Crippen LogP contribution in [-0.2, 0) is 19.1 Å². The van der Waals surface area contributed by atoms with Gasteiger partial charge in [0.15, 0.2) is 6.61 Å². The van der Waals surface area contributed by atoms with Crippen molar-refractivity contribution in [3.05, 3.63) is 58.1 Å². The number of nitrogens with one attached hydrogen (secondary N) is 1. The van der Waals surface area contributed by atoms with Gasteiger partial charge < -0.3 is 10.1 Å². The predicted octanol–water partition coefficient (Wildman–Crippen LogP) is 4.09. The largest absolute Gasteiger partial charge is 0.452 e. The number of amides is 3. The summed E-state index contributed by atoms with van der Waals surface area (Å²) in [5, 5.41) is 2.71. The average Bonchev–Trinajstić information content (AvgIpc) is 3.48. The van der Waals surface area contributed by atoms with Gasteiger partial charge in [0.1, 0.15) is 0 Å². The summed E-state index contributed by atoms with van der Waals surface area (Å²) < 4.78 is 6.07. The SMILES string of the molecule is Cc1cc(Br)ccc1NC(=O)COC(=O)c1cccc(N2C(=O)[C@H]3[C@H]4CC[C@@H](C4)[C@@H]3C2=O)c1. The summed E-state index contributed by atoms with van der Waals surface area (Å²) in [7, 11) is 0. The molecule has 2 aliphatic carbocycles. The summed E-state index contributed by atoms with van der Waals surface area (Å²) in [5.41, 5.74) is 2.06. The molecular weight excluding hydrogens is 488 g/mol. The molecule has 2 bridgehead atoms. The van der Waals surface area contributed by atoms with Crippen molar-refractivity contribution in [2.24, 2.45) is 23.7 Å². The zero-order chi connectivity index (χ0) is 23.3. The van der Waals surface area contributed by atoms with Crippen molar-refractivity contribution in [3.8, 4) is 0 Å². The van der Waals surface area contributed by atoms with E-state index in [1.807, 2.05) is 13.0 Å². The second-order valence-corrected chi connectivity index (χ2v) is 9.95. The Balaban J connectivity index is 1.25. The maximum Gasteiger partial charge on any atom is 0.338 e. The molecule has 2 aromatic carbocycles. The third-order valence-corrected chi connectivity index (χ3v) is 7.56. The fourth-order valence-corrected chi connectivity index (χ4v) is 6.08. The molecule has 3 amide bonds. The predicted molar refractivity (Wildman–Crippen MR) is 125 cm³/mol. The van der Waals surface area contributed by atoms with Gasteiger partial charge in [-0.3, -0.25) is 19.3 Å². The van der Waals surface area contributed by atoms with Crippen LogP contribution in [0.2, 0.25) is 0 Å². The fourth-order valence-electron chi connectivity index (χ4n) is 5.60. The number of ether oxygens (including phenoxy) is 1. The number of carbonyl (C=O) groups excluding carboxylic acids is 4. The number of esters is 1. The van der Waals surface area contributed by atoms with E-state index in [1.165, 1.54) is 17.0 Å². The number of benzene rings is 2. The lowest BCUT2D eigenvalue weighted by Gasteiger charge is -2.19. The van der Waals surface area contributed by atoms with Gasteiger partial charge in [-0.2, -0.15) is 0 Å². The number of rotatable bonds is 5. The number of anilines is 2. The average molecular weight is 511 g/mol. The smallest absolute Gasteiger partial charge is 0.338 e. The fraction of sp³-hybridized carbons (Fsp3) is 0.360. The van der Waals surface area contributed by atoms with Gasteiger partial charge in [0.25, 0.3) is 5.91 Å². The molecule has 7 nitrogen and oxygen atoms in total. The summed E-state index contributed by atoms with van der Waals surface area (Å²) in [4.78, 5) is 52.1. The maximum absolute atomic E-state index is 13.0. The van der Waals surface area contributed by atoms with Crippen molar-refractivity contribution >= 4 is 51.0 Å². The van der Waals surface area contributed by atoms with Crippen LogP contribution in [0, 0.1) is 30.6 Å². The van der Waals surface area contributed by atoms with Gasteiger partial charge in [-0.25, -0.2) is 4.79 Å². The van der Waals surface area contributed by atoms with Gasteiger partial charge >= 0.3 is 5.97 Å². The first kappa shape index (κ1) is 21.8. The topological polar surface area (TPSA) is 92.8 Å². The van der Waals surface area contributed by atoms with Crippen LogP contribution in [0.5, 0.6) is 0 Å². The lowest BCUT2D eigenvalue weighted by molar-refractivity contribution is -0.123. The number of aryl methyl sites for hydroxylation is 1. The molecule has 5 rings (SSSR count). The van der Waals surface area contributed by atoms with E-state index in [4.69, 9.17) is 4.74 Å². The highest BCUT2D eigenvalue weighted by atomic mass is 79.9. The van der Waals surface area contributed by atoms with E-state index >= 15 is 0 Å². The molecule has 8 heteroatoms. The lowest BCUT2D eigenvalue weighted by Crippen LogP contribution is -2.32. The van der Waals surface area contributed by atoms with Crippen molar-refractivity contribution < 1.29 is 23.9 Å². The Labute approximate surface area is 199 Å². The number of hydrogen-bond acceptors (Lipinski definition) is 5. The Kier molecular flexibility index (Phi) is 5.56. The molecule has 2 saturated carbocycles. The highest BCUT2D eigenvalue weighted by Gasteiger charge is 2.61. The summed E-state index contributed by atoms with van der Waals surface area (Å²) in [5.74, 6) is -1.34. The molecule has 4 atom stereocenters. The number of carbonyl (C=O) groups is 4. The minimum absolute atomic E-state index is 0.160. The lowest BCUT2D eigenvalue weighted by atomic mass is 9.81. The van der Waals surface area contributed by atoms with E-state index in [2.05, 4.69) is 21.2 Å². The Morgan fingerprint density at radius 2 is 1.76 bits per heavy atom. The molecule has 1 N–H and O–H groups in total. The van der Waals surface area contributed by atoms with E-state index in [9.17, 15) is 19.2 Å². The molecule has 0 radical (unpaired) electrons. The number of imide groups is 1. The van der Waals surface area contributed by atoms with Crippen LogP contribution in [0.1, 0.15) is 35.2 Å². The Hall–Kier alpha value is -3.00. The highest BCUT2D eigenvalue weighted by molar-refractivity contribution is 9.10. The summed E-state index contributed by atoms with van der Waals surface area (Å²) in [6.45, 7) is 1.41. The molecule has 3 fully saturated rings. The second-order valence-electron chi connectivity index (χ2n) is 9.03. The van der Waals surface area contributed by atoms with Gasteiger partial charge in [-0.05, 0) is 80.0 Å². The molecule has 33 heavy (non-hydrogen) atoms. The number of hydrogen-bond donors (Lipinski definition) is 1. The van der Waals surface area contributed by atoms with Crippen molar-refractivity contribution in [2.45, 2.75) is 26.2 Å². The molecule has 170 valence electrons. The number of fused-ring (bicyclic) bond motifs is 5. The molecule has 1 saturated heterocycles. The van der Waals surface area contributed by atoms with Gasteiger partial charge in [-0.15, -0.1) is 0 Å². The Morgan fingerprint density at radius 1 is 1.06 bits per heavy atom. The number of halogens is 1. The van der Waals surface area contributed by atoms with Crippen molar-refractivity contribution in [1.29, 1.82) is 0 Å². The summed E-state index contributed by atoms with van der Waals surface area (Å²) >= 11 is 3.37. The molecule has 0 unspecified atom stereocenters. The van der Waals surface area contributed by atoms with E-state index < -0.39 is 18.5 Å². The summed E-state index contributed by atoms with van der Waals surface area (Å²) in [6.07, 6.45) is 2.98. The maximum atomic E-state index is 13.0. The third kappa shape index (κ3) is 3.86. The molecule has 3 aliphatic rings. The van der Waals surface area contributed by atoms with Crippen LogP contribution in [0.15, 0.2) is 46.9 Å². The first-order chi connectivity index (χ1) is 15.8. The third-order valence-electron chi connectivity index (χ3n) is 7.06. The molecule has 1 heterocycles. The quantitative estimate of drug-likeness (QED) is 0.483. The zero-order valence-corrected chi connectivity index (χ0v) is 19.6. The van der Waals surface area contributed by atoms with Crippen LogP contribution in [0.4, 0.5) is 11.4 Å². The van der Waals surface area contributed by atoms with E-state index in [1.54, 1.807) is 24.3 Å². The Morgan fingerprint density at radius 3 is 2.42 bits per heavy atom.